The van der Waals surface area contributed by atoms with E-state index in [4.69, 9.17) is 14.6 Å². The summed E-state index contributed by atoms with van der Waals surface area (Å²) in [5.41, 5.74) is 2.48. The van der Waals surface area contributed by atoms with Crippen molar-refractivity contribution in [1.82, 2.24) is 4.90 Å². The molecule has 2 aliphatic heterocycles. The SMILES string of the molecule is O=C(O)CCN1CCC2(CC1)COc1cc(OCc3ccccc3)ccc12. The second-order valence-electron chi connectivity index (χ2n) is 7.49. The highest BCUT2D eigenvalue weighted by Crippen LogP contribution is 2.46. The van der Waals surface area contributed by atoms with E-state index in [1.165, 1.54) is 5.56 Å². The fraction of sp³-hybridized carbons (Fsp3) is 0.409. The van der Waals surface area contributed by atoms with E-state index in [0.717, 1.165) is 43.0 Å². The number of hydrogen-bond donors (Lipinski definition) is 1. The number of rotatable bonds is 6. The molecule has 4 rings (SSSR count). The van der Waals surface area contributed by atoms with Crippen molar-refractivity contribution in [2.45, 2.75) is 31.3 Å². The lowest BCUT2D eigenvalue weighted by atomic mass is 9.74. The average molecular weight is 367 g/mol. The first-order chi connectivity index (χ1) is 13.1. The molecule has 5 heteroatoms. The zero-order valence-electron chi connectivity index (χ0n) is 15.4. The molecule has 0 aromatic heterocycles. The summed E-state index contributed by atoms with van der Waals surface area (Å²) in [5.74, 6) is 1.03. The lowest BCUT2D eigenvalue weighted by Crippen LogP contribution is -2.44. The number of nitrogens with zero attached hydrogens (tertiary/aromatic N) is 1. The summed E-state index contributed by atoms with van der Waals surface area (Å²) in [4.78, 5) is 13.0. The van der Waals surface area contributed by atoms with Crippen molar-refractivity contribution in [2.24, 2.45) is 0 Å². The van der Waals surface area contributed by atoms with Crippen LogP contribution in [-0.4, -0.2) is 42.2 Å². The third-order valence-electron chi connectivity index (χ3n) is 5.73. The number of aliphatic carboxylic acids is 1. The quantitative estimate of drug-likeness (QED) is 0.847. The van der Waals surface area contributed by atoms with Crippen molar-refractivity contribution in [3.8, 4) is 11.5 Å². The normalized spacial score (nSPS) is 18.1. The van der Waals surface area contributed by atoms with E-state index in [0.29, 0.717) is 19.8 Å². The molecular weight excluding hydrogens is 342 g/mol. The van der Waals surface area contributed by atoms with Gasteiger partial charge < -0.3 is 19.5 Å². The second-order valence-corrected chi connectivity index (χ2v) is 7.49. The van der Waals surface area contributed by atoms with Crippen LogP contribution >= 0.6 is 0 Å². The Balaban J connectivity index is 1.39. The van der Waals surface area contributed by atoms with Gasteiger partial charge in [-0.05, 0) is 37.6 Å². The van der Waals surface area contributed by atoms with Gasteiger partial charge in [0.1, 0.15) is 18.1 Å². The molecule has 0 bridgehead atoms. The van der Waals surface area contributed by atoms with E-state index in [1.807, 2.05) is 30.3 Å². The molecule has 0 aliphatic carbocycles. The number of hydrogen-bond acceptors (Lipinski definition) is 4. The van der Waals surface area contributed by atoms with Crippen LogP contribution in [0.2, 0.25) is 0 Å². The molecule has 0 amide bonds. The first kappa shape index (κ1) is 17.9. The molecule has 0 atom stereocenters. The fourth-order valence-electron chi connectivity index (χ4n) is 4.06. The fourth-order valence-corrected chi connectivity index (χ4v) is 4.06. The van der Waals surface area contributed by atoms with Gasteiger partial charge in [-0.3, -0.25) is 4.79 Å². The van der Waals surface area contributed by atoms with Crippen LogP contribution in [-0.2, 0) is 16.8 Å². The molecule has 2 aromatic rings. The Hall–Kier alpha value is -2.53. The molecule has 2 aromatic carbocycles. The smallest absolute Gasteiger partial charge is 0.304 e. The molecule has 5 nitrogen and oxygen atoms in total. The zero-order chi connectivity index (χ0) is 18.7. The van der Waals surface area contributed by atoms with Crippen LogP contribution in [0, 0.1) is 0 Å². The van der Waals surface area contributed by atoms with E-state index in [-0.39, 0.29) is 11.8 Å². The summed E-state index contributed by atoms with van der Waals surface area (Å²) in [5, 5.41) is 8.86. The second kappa shape index (κ2) is 7.61. The topological polar surface area (TPSA) is 59.0 Å². The number of carboxylic acids is 1. The number of fused-ring (bicyclic) bond motifs is 2. The Kier molecular flexibility index (Phi) is 5.03. The Bertz CT molecular complexity index is 797. The molecule has 1 saturated heterocycles. The number of likely N-dealkylation sites (tertiary alicyclic amines) is 1. The van der Waals surface area contributed by atoms with Gasteiger partial charge in [-0.2, -0.15) is 0 Å². The van der Waals surface area contributed by atoms with Gasteiger partial charge in [0.2, 0.25) is 0 Å². The molecule has 0 saturated carbocycles. The van der Waals surface area contributed by atoms with Crippen LogP contribution in [0.15, 0.2) is 48.5 Å². The van der Waals surface area contributed by atoms with E-state index < -0.39 is 5.97 Å². The largest absolute Gasteiger partial charge is 0.492 e. The van der Waals surface area contributed by atoms with Crippen molar-refractivity contribution >= 4 is 5.97 Å². The van der Waals surface area contributed by atoms with Crippen LogP contribution in [0.5, 0.6) is 11.5 Å². The van der Waals surface area contributed by atoms with Crippen LogP contribution in [0.4, 0.5) is 0 Å². The molecule has 27 heavy (non-hydrogen) atoms. The Morgan fingerprint density at radius 2 is 1.93 bits per heavy atom. The summed E-state index contributed by atoms with van der Waals surface area (Å²) in [6, 6.07) is 16.3. The van der Waals surface area contributed by atoms with Gasteiger partial charge in [-0.25, -0.2) is 0 Å². The number of piperidine rings is 1. The summed E-state index contributed by atoms with van der Waals surface area (Å²) in [6.07, 6.45) is 2.22. The minimum Gasteiger partial charge on any atom is -0.492 e. The third-order valence-corrected chi connectivity index (χ3v) is 5.73. The summed E-state index contributed by atoms with van der Waals surface area (Å²) in [7, 11) is 0. The number of carboxylic acid groups (broad SMARTS) is 1. The maximum absolute atomic E-state index is 10.8. The van der Waals surface area contributed by atoms with Crippen molar-refractivity contribution < 1.29 is 19.4 Å². The van der Waals surface area contributed by atoms with Gasteiger partial charge in [0, 0.05) is 23.6 Å². The van der Waals surface area contributed by atoms with Gasteiger partial charge in [-0.15, -0.1) is 0 Å². The summed E-state index contributed by atoms with van der Waals surface area (Å²) >= 11 is 0. The van der Waals surface area contributed by atoms with Crippen molar-refractivity contribution in [2.75, 3.05) is 26.2 Å². The first-order valence-corrected chi connectivity index (χ1v) is 9.53. The lowest BCUT2D eigenvalue weighted by molar-refractivity contribution is -0.137. The van der Waals surface area contributed by atoms with Crippen LogP contribution in [0.25, 0.3) is 0 Å². The molecule has 0 unspecified atom stereocenters. The highest BCUT2D eigenvalue weighted by Gasteiger charge is 2.43. The average Bonchev–Trinajstić information content (AvgIpc) is 3.04. The van der Waals surface area contributed by atoms with Crippen molar-refractivity contribution in [3.05, 3.63) is 59.7 Å². The number of benzene rings is 2. The molecule has 1 N–H and O–H groups in total. The van der Waals surface area contributed by atoms with E-state index in [1.54, 1.807) is 0 Å². The third kappa shape index (κ3) is 3.93. The predicted molar refractivity (Wildman–Crippen MR) is 102 cm³/mol. The van der Waals surface area contributed by atoms with Gasteiger partial charge in [0.25, 0.3) is 0 Å². The predicted octanol–water partition coefficient (Wildman–Crippen LogP) is 3.47. The van der Waals surface area contributed by atoms with Crippen LogP contribution in [0.3, 0.4) is 0 Å². The highest BCUT2D eigenvalue weighted by molar-refractivity contribution is 5.66. The number of ether oxygens (including phenoxy) is 2. The van der Waals surface area contributed by atoms with Gasteiger partial charge in [-0.1, -0.05) is 36.4 Å². The molecule has 2 aliphatic rings. The van der Waals surface area contributed by atoms with Crippen molar-refractivity contribution in [1.29, 1.82) is 0 Å². The first-order valence-electron chi connectivity index (χ1n) is 9.53. The maximum Gasteiger partial charge on any atom is 0.304 e. The molecule has 0 radical (unpaired) electrons. The minimum atomic E-state index is -0.729. The maximum atomic E-state index is 10.8. The van der Waals surface area contributed by atoms with Gasteiger partial charge >= 0.3 is 5.97 Å². The standard InChI is InChI=1S/C22H25NO4/c24-21(25)8-11-23-12-9-22(10-13-23)16-27-20-14-18(6-7-19(20)22)26-15-17-4-2-1-3-5-17/h1-7,14H,8-13,15-16H2,(H,24,25). The highest BCUT2D eigenvalue weighted by atomic mass is 16.5. The minimum absolute atomic E-state index is 0.0625. The molecular formula is C22H25NO4. The van der Waals surface area contributed by atoms with Gasteiger partial charge in [0.15, 0.2) is 0 Å². The van der Waals surface area contributed by atoms with E-state index in [9.17, 15) is 4.79 Å². The Labute approximate surface area is 159 Å². The molecule has 142 valence electrons. The molecule has 1 fully saturated rings. The van der Waals surface area contributed by atoms with E-state index >= 15 is 0 Å². The number of carbonyl (C=O) groups is 1. The lowest BCUT2D eigenvalue weighted by Gasteiger charge is -2.38. The van der Waals surface area contributed by atoms with E-state index in [2.05, 4.69) is 23.1 Å². The zero-order valence-corrected chi connectivity index (χ0v) is 15.4. The van der Waals surface area contributed by atoms with Crippen LogP contribution in [0.1, 0.15) is 30.4 Å². The van der Waals surface area contributed by atoms with Gasteiger partial charge in [0.05, 0.1) is 13.0 Å². The van der Waals surface area contributed by atoms with Crippen LogP contribution < -0.4 is 9.47 Å². The molecule has 2 heterocycles. The Morgan fingerprint density at radius 3 is 2.67 bits per heavy atom. The Morgan fingerprint density at radius 1 is 1.15 bits per heavy atom. The molecule has 1 spiro atoms. The van der Waals surface area contributed by atoms with Crippen molar-refractivity contribution in [3.63, 3.8) is 0 Å². The summed E-state index contributed by atoms with van der Waals surface area (Å²) < 4.78 is 11.9. The summed E-state index contributed by atoms with van der Waals surface area (Å²) in [6.45, 7) is 3.72. The monoisotopic (exact) mass is 367 g/mol.